The van der Waals surface area contributed by atoms with Crippen molar-refractivity contribution in [1.29, 1.82) is 0 Å². The minimum absolute atomic E-state index is 0.109. The molecule has 1 aromatic rings. The molecule has 0 aliphatic carbocycles. The molecule has 0 bridgehead atoms. The Kier molecular flexibility index (Phi) is 6.21. The van der Waals surface area contributed by atoms with Gasteiger partial charge in [0.15, 0.2) is 0 Å². The fourth-order valence-corrected chi connectivity index (χ4v) is 2.88. The van der Waals surface area contributed by atoms with E-state index >= 15 is 0 Å². The molecule has 0 aliphatic rings. The fraction of sp³-hybridized carbons (Fsp3) is 0.467. The Morgan fingerprint density at radius 2 is 2.05 bits per heavy atom. The van der Waals surface area contributed by atoms with Gasteiger partial charge in [-0.15, -0.1) is 0 Å². The maximum atomic E-state index is 12.2. The summed E-state index contributed by atoms with van der Waals surface area (Å²) in [5.74, 6) is 5.74. The van der Waals surface area contributed by atoms with Gasteiger partial charge in [-0.3, -0.25) is 4.72 Å². The van der Waals surface area contributed by atoms with Crippen LogP contribution in [0.2, 0.25) is 0 Å². The first-order valence-electron chi connectivity index (χ1n) is 6.89. The maximum absolute atomic E-state index is 12.2. The summed E-state index contributed by atoms with van der Waals surface area (Å²) in [7, 11) is -1.99. The molecule has 1 rings (SSSR count). The second-order valence-corrected chi connectivity index (χ2v) is 6.68. The van der Waals surface area contributed by atoms with E-state index in [9.17, 15) is 8.42 Å². The molecule has 21 heavy (non-hydrogen) atoms. The number of nitrogens with two attached hydrogens (primary N) is 1. The van der Waals surface area contributed by atoms with Crippen LogP contribution in [0.5, 0.6) is 0 Å². The average molecular weight is 309 g/mol. The minimum atomic E-state index is -3.55. The number of benzene rings is 1. The summed E-state index contributed by atoms with van der Waals surface area (Å²) in [6.07, 6.45) is 0.710. The van der Waals surface area contributed by atoms with Gasteiger partial charge in [0.05, 0.1) is 12.2 Å². The SMILES string of the molecule is CCc1cc(C#CCN)ccc1NS(=O)(=O)N(C)C(C)C. The molecule has 0 fully saturated rings. The van der Waals surface area contributed by atoms with Crippen LogP contribution in [0.4, 0.5) is 5.69 Å². The van der Waals surface area contributed by atoms with E-state index in [4.69, 9.17) is 5.73 Å². The Bertz CT molecular complexity index is 643. The molecule has 0 aromatic heterocycles. The van der Waals surface area contributed by atoms with Gasteiger partial charge in [0.25, 0.3) is 0 Å². The van der Waals surface area contributed by atoms with Gasteiger partial charge in [-0.05, 0) is 44.0 Å². The third kappa shape index (κ3) is 4.74. The lowest BCUT2D eigenvalue weighted by Crippen LogP contribution is -2.37. The predicted molar refractivity (Wildman–Crippen MR) is 87.2 cm³/mol. The van der Waals surface area contributed by atoms with Crippen LogP contribution in [0.25, 0.3) is 0 Å². The molecule has 0 unspecified atom stereocenters. The Labute approximate surface area is 127 Å². The van der Waals surface area contributed by atoms with Crippen molar-refractivity contribution in [3.63, 3.8) is 0 Å². The van der Waals surface area contributed by atoms with Gasteiger partial charge >= 0.3 is 10.2 Å². The average Bonchev–Trinajstić information content (AvgIpc) is 2.44. The Morgan fingerprint density at radius 1 is 1.38 bits per heavy atom. The van der Waals surface area contributed by atoms with Gasteiger partial charge in [-0.1, -0.05) is 18.8 Å². The summed E-state index contributed by atoms with van der Waals surface area (Å²) < 4.78 is 28.4. The van der Waals surface area contributed by atoms with Crippen LogP contribution < -0.4 is 10.5 Å². The van der Waals surface area contributed by atoms with Gasteiger partial charge < -0.3 is 5.73 Å². The smallest absolute Gasteiger partial charge is 0.301 e. The molecule has 0 atom stereocenters. The minimum Gasteiger partial charge on any atom is -0.320 e. The van der Waals surface area contributed by atoms with Crippen molar-refractivity contribution < 1.29 is 8.42 Å². The fourth-order valence-electron chi connectivity index (χ4n) is 1.71. The molecule has 0 saturated heterocycles. The zero-order chi connectivity index (χ0) is 16.0. The Balaban J connectivity index is 3.09. The summed E-state index contributed by atoms with van der Waals surface area (Å²) in [5, 5.41) is 0. The highest BCUT2D eigenvalue weighted by Crippen LogP contribution is 2.20. The van der Waals surface area contributed by atoms with E-state index in [-0.39, 0.29) is 6.04 Å². The lowest BCUT2D eigenvalue weighted by atomic mass is 10.1. The van der Waals surface area contributed by atoms with E-state index in [1.54, 1.807) is 19.2 Å². The van der Waals surface area contributed by atoms with Crippen molar-refractivity contribution in [2.24, 2.45) is 5.73 Å². The highest BCUT2D eigenvalue weighted by Gasteiger charge is 2.21. The Hall–Kier alpha value is -1.55. The molecule has 1 aromatic carbocycles. The number of rotatable bonds is 5. The topological polar surface area (TPSA) is 75.4 Å². The number of aryl methyl sites for hydroxylation is 1. The van der Waals surface area contributed by atoms with Gasteiger partial charge in [0, 0.05) is 18.7 Å². The number of nitrogens with one attached hydrogen (secondary N) is 1. The zero-order valence-corrected chi connectivity index (χ0v) is 13.8. The van der Waals surface area contributed by atoms with Gasteiger partial charge in [0.2, 0.25) is 0 Å². The predicted octanol–water partition coefficient (Wildman–Crippen LogP) is 1.56. The van der Waals surface area contributed by atoms with Gasteiger partial charge in [-0.25, -0.2) is 0 Å². The molecular formula is C15H23N3O2S. The lowest BCUT2D eigenvalue weighted by Gasteiger charge is -2.22. The van der Waals surface area contributed by atoms with Crippen molar-refractivity contribution in [1.82, 2.24) is 4.31 Å². The van der Waals surface area contributed by atoms with Crippen LogP contribution in [0.15, 0.2) is 18.2 Å². The van der Waals surface area contributed by atoms with Crippen molar-refractivity contribution in [3.05, 3.63) is 29.3 Å². The third-order valence-corrected chi connectivity index (χ3v) is 4.82. The van der Waals surface area contributed by atoms with Crippen molar-refractivity contribution in [2.45, 2.75) is 33.2 Å². The highest BCUT2D eigenvalue weighted by atomic mass is 32.2. The molecular weight excluding hydrogens is 286 g/mol. The molecule has 0 saturated carbocycles. The van der Waals surface area contributed by atoms with Crippen molar-refractivity contribution >= 4 is 15.9 Å². The quantitative estimate of drug-likeness (QED) is 0.810. The first-order valence-corrected chi connectivity index (χ1v) is 8.33. The van der Waals surface area contributed by atoms with E-state index in [0.717, 1.165) is 11.1 Å². The number of hydrogen-bond donors (Lipinski definition) is 2. The highest BCUT2D eigenvalue weighted by molar-refractivity contribution is 7.90. The monoisotopic (exact) mass is 309 g/mol. The molecule has 0 heterocycles. The van der Waals surface area contributed by atoms with Crippen LogP contribution in [0.1, 0.15) is 31.9 Å². The molecule has 6 heteroatoms. The van der Waals surface area contributed by atoms with Crippen LogP contribution in [-0.2, 0) is 16.6 Å². The normalized spacial score (nSPS) is 11.4. The third-order valence-electron chi connectivity index (χ3n) is 3.17. The second-order valence-electron chi connectivity index (χ2n) is 4.95. The summed E-state index contributed by atoms with van der Waals surface area (Å²) in [5.41, 5.74) is 7.67. The summed E-state index contributed by atoms with van der Waals surface area (Å²) >= 11 is 0. The first-order chi connectivity index (χ1) is 9.81. The largest absolute Gasteiger partial charge is 0.320 e. The molecule has 0 spiro atoms. The number of nitrogens with zero attached hydrogens (tertiary/aromatic N) is 1. The maximum Gasteiger partial charge on any atom is 0.301 e. The first kappa shape index (κ1) is 17.5. The number of hydrogen-bond acceptors (Lipinski definition) is 3. The Morgan fingerprint density at radius 3 is 2.57 bits per heavy atom. The van der Waals surface area contributed by atoms with E-state index < -0.39 is 10.2 Å². The molecule has 0 aliphatic heterocycles. The molecule has 116 valence electrons. The summed E-state index contributed by atoms with van der Waals surface area (Å²) in [6, 6.07) is 5.30. The lowest BCUT2D eigenvalue weighted by molar-refractivity contribution is 0.414. The second kappa shape index (κ2) is 7.46. The van der Waals surface area contributed by atoms with Crippen molar-refractivity contribution in [2.75, 3.05) is 18.3 Å². The van der Waals surface area contributed by atoms with Gasteiger partial charge in [-0.2, -0.15) is 12.7 Å². The van der Waals surface area contributed by atoms with Crippen LogP contribution in [-0.4, -0.2) is 32.4 Å². The summed E-state index contributed by atoms with van der Waals surface area (Å²) in [4.78, 5) is 0. The van der Waals surface area contributed by atoms with Crippen LogP contribution in [0, 0.1) is 11.8 Å². The van der Waals surface area contributed by atoms with Crippen molar-refractivity contribution in [3.8, 4) is 11.8 Å². The zero-order valence-electron chi connectivity index (χ0n) is 13.0. The van der Waals surface area contributed by atoms with Crippen LogP contribution >= 0.6 is 0 Å². The van der Waals surface area contributed by atoms with Crippen LogP contribution in [0.3, 0.4) is 0 Å². The van der Waals surface area contributed by atoms with E-state index in [0.29, 0.717) is 18.7 Å². The van der Waals surface area contributed by atoms with E-state index in [1.807, 2.05) is 26.8 Å². The molecule has 5 nitrogen and oxygen atoms in total. The molecule has 0 amide bonds. The van der Waals surface area contributed by atoms with Gasteiger partial charge in [0.1, 0.15) is 0 Å². The number of anilines is 1. The molecule has 0 radical (unpaired) electrons. The molecule has 3 N–H and O–H groups in total. The van der Waals surface area contributed by atoms with E-state index in [1.165, 1.54) is 4.31 Å². The summed E-state index contributed by atoms with van der Waals surface area (Å²) in [6.45, 7) is 5.92. The van der Waals surface area contributed by atoms with E-state index in [2.05, 4.69) is 16.6 Å². The standard InChI is InChI=1S/C15H23N3O2S/c1-5-14-11-13(7-6-10-16)8-9-15(14)17-21(19,20)18(4)12(2)3/h8-9,11-12,17H,5,10,16H2,1-4H3.